The number of ketones is 1. The fourth-order valence-corrected chi connectivity index (χ4v) is 6.37. The number of unbranched alkanes of at least 4 members (excludes halogenated alkanes) is 2. The van der Waals surface area contributed by atoms with Crippen LogP contribution in [0.1, 0.15) is 80.6 Å². The highest BCUT2D eigenvalue weighted by Crippen LogP contribution is 2.42. The zero-order chi connectivity index (χ0) is 25.0. The van der Waals surface area contributed by atoms with Crippen LogP contribution in [-0.2, 0) is 13.6 Å². The van der Waals surface area contributed by atoms with Crippen LogP contribution in [0.5, 0.6) is 0 Å². The Hall–Kier alpha value is -0.276. The standard InChI is InChI=1S/C26H52O4Si2/c1-12-13-14-15-20(29-31(8,9)25(2,3)4)16-17-21-22(19-27)23(28)18-24(21)30-32(10,11)26(5,6)7/h16-17,20-22,24,27H,12-15,18-19H2,1-11H3/t20-,21-,22-,24-/m0/s1. The molecule has 0 radical (unpaired) electrons. The smallest absolute Gasteiger partial charge is 0.192 e. The summed E-state index contributed by atoms with van der Waals surface area (Å²) >= 11 is 0. The van der Waals surface area contributed by atoms with Crippen LogP contribution < -0.4 is 0 Å². The molecular formula is C26H52O4Si2. The van der Waals surface area contributed by atoms with Crippen molar-refractivity contribution in [1.82, 2.24) is 0 Å². The molecule has 1 saturated carbocycles. The van der Waals surface area contributed by atoms with Gasteiger partial charge in [0.25, 0.3) is 0 Å². The van der Waals surface area contributed by atoms with Crippen molar-refractivity contribution in [3.05, 3.63) is 12.2 Å². The number of Topliss-reactive ketones (excluding diaryl/α,β-unsaturated/α-hetero) is 1. The zero-order valence-corrected chi connectivity index (χ0v) is 24.9. The van der Waals surface area contributed by atoms with Gasteiger partial charge in [0.15, 0.2) is 16.6 Å². The Morgan fingerprint density at radius 3 is 2.06 bits per heavy atom. The summed E-state index contributed by atoms with van der Waals surface area (Å²) in [6.45, 7) is 24.7. The molecule has 0 bridgehead atoms. The first kappa shape index (κ1) is 29.8. The molecular weight excluding hydrogens is 432 g/mol. The normalized spacial score (nSPS) is 24.5. The van der Waals surface area contributed by atoms with Gasteiger partial charge in [-0.2, -0.15) is 0 Å². The topological polar surface area (TPSA) is 55.8 Å². The van der Waals surface area contributed by atoms with Crippen LogP contribution in [0.4, 0.5) is 0 Å². The summed E-state index contributed by atoms with van der Waals surface area (Å²) in [5, 5.41) is 10.2. The van der Waals surface area contributed by atoms with Gasteiger partial charge in [0.2, 0.25) is 0 Å². The first-order valence-corrected chi connectivity index (χ1v) is 18.5. The minimum atomic E-state index is -2.02. The van der Waals surface area contributed by atoms with E-state index in [2.05, 4.69) is 86.8 Å². The van der Waals surface area contributed by atoms with Crippen LogP contribution >= 0.6 is 0 Å². The molecule has 188 valence electrons. The van der Waals surface area contributed by atoms with E-state index < -0.39 is 16.6 Å². The molecule has 4 nitrogen and oxygen atoms in total. The van der Waals surface area contributed by atoms with E-state index in [1.54, 1.807) is 0 Å². The number of aliphatic hydroxyl groups is 1. The van der Waals surface area contributed by atoms with Gasteiger partial charge in [0.05, 0.1) is 18.8 Å². The molecule has 0 heterocycles. The second kappa shape index (κ2) is 11.4. The van der Waals surface area contributed by atoms with Crippen molar-refractivity contribution in [3.63, 3.8) is 0 Å². The molecule has 0 aliphatic heterocycles. The SMILES string of the molecule is CCCCC[C@@H](C=C[C@@H]1[C@@H](O[Si](C)(C)C(C)(C)C)CC(=O)[C@H]1CO)O[Si](C)(C)C(C)(C)C. The van der Waals surface area contributed by atoms with E-state index in [0.717, 1.165) is 12.8 Å². The Kier molecular flexibility index (Phi) is 10.6. The third-order valence-electron chi connectivity index (χ3n) is 8.05. The second-order valence-electron chi connectivity index (χ2n) is 12.8. The number of rotatable bonds is 11. The lowest BCUT2D eigenvalue weighted by Crippen LogP contribution is -2.45. The van der Waals surface area contributed by atoms with Crippen LogP contribution in [0, 0.1) is 11.8 Å². The molecule has 1 aliphatic carbocycles. The van der Waals surface area contributed by atoms with Gasteiger partial charge < -0.3 is 14.0 Å². The van der Waals surface area contributed by atoms with E-state index in [9.17, 15) is 9.90 Å². The predicted molar refractivity (Wildman–Crippen MR) is 141 cm³/mol. The molecule has 0 saturated heterocycles. The Balaban J connectivity index is 3.14. The molecule has 0 aromatic carbocycles. The van der Waals surface area contributed by atoms with Gasteiger partial charge in [-0.05, 0) is 42.7 Å². The third-order valence-corrected chi connectivity index (χ3v) is 17.1. The van der Waals surface area contributed by atoms with Crippen LogP contribution in [0.2, 0.25) is 36.3 Å². The Labute approximate surface area is 200 Å². The minimum Gasteiger partial charge on any atom is -0.413 e. The predicted octanol–water partition coefficient (Wildman–Crippen LogP) is 7.10. The molecule has 0 unspecified atom stereocenters. The summed E-state index contributed by atoms with van der Waals surface area (Å²) in [7, 11) is -3.94. The largest absolute Gasteiger partial charge is 0.413 e. The summed E-state index contributed by atoms with van der Waals surface area (Å²) < 4.78 is 13.5. The Bertz CT molecular complexity index is 629. The number of hydrogen-bond acceptors (Lipinski definition) is 4. The maximum Gasteiger partial charge on any atom is 0.192 e. The highest BCUT2D eigenvalue weighted by molar-refractivity contribution is 6.74. The van der Waals surface area contributed by atoms with Gasteiger partial charge in [-0.15, -0.1) is 0 Å². The van der Waals surface area contributed by atoms with Crippen molar-refractivity contribution in [2.45, 2.75) is 129 Å². The van der Waals surface area contributed by atoms with Gasteiger partial charge in [-0.25, -0.2) is 0 Å². The number of aliphatic hydroxyl groups excluding tert-OH is 1. The Morgan fingerprint density at radius 2 is 1.59 bits per heavy atom. The highest BCUT2D eigenvalue weighted by Gasteiger charge is 2.47. The summed E-state index contributed by atoms with van der Waals surface area (Å²) in [5.41, 5.74) is 0. The number of carbonyl (C=O) groups is 1. The summed E-state index contributed by atoms with van der Waals surface area (Å²) in [6.07, 6.45) is 9.14. The molecule has 1 N–H and O–H groups in total. The van der Waals surface area contributed by atoms with Crippen LogP contribution in [0.3, 0.4) is 0 Å². The minimum absolute atomic E-state index is 0.0472. The Morgan fingerprint density at radius 1 is 1.03 bits per heavy atom. The van der Waals surface area contributed by atoms with Crippen LogP contribution in [0.15, 0.2) is 12.2 Å². The van der Waals surface area contributed by atoms with Crippen molar-refractivity contribution in [1.29, 1.82) is 0 Å². The van der Waals surface area contributed by atoms with Gasteiger partial charge in [-0.1, -0.05) is 79.9 Å². The quantitative estimate of drug-likeness (QED) is 0.193. The van der Waals surface area contributed by atoms with Gasteiger partial charge >= 0.3 is 0 Å². The molecule has 32 heavy (non-hydrogen) atoms. The average Bonchev–Trinajstić information content (AvgIpc) is 2.91. The molecule has 0 aromatic rings. The van der Waals surface area contributed by atoms with Crippen molar-refractivity contribution in [2.75, 3.05) is 6.61 Å². The van der Waals surface area contributed by atoms with Crippen LogP contribution in [0.25, 0.3) is 0 Å². The fraction of sp³-hybridized carbons (Fsp3) is 0.885. The van der Waals surface area contributed by atoms with Crippen LogP contribution in [-0.4, -0.2) is 46.3 Å². The second-order valence-corrected chi connectivity index (χ2v) is 22.3. The van der Waals surface area contributed by atoms with Crippen molar-refractivity contribution < 1.29 is 18.8 Å². The first-order valence-electron chi connectivity index (χ1n) is 12.6. The summed E-state index contributed by atoms with van der Waals surface area (Å²) in [5.74, 6) is -0.331. The van der Waals surface area contributed by atoms with Crippen molar-refractivity contribution in [3.8, 4) is 0 Å². The molecule has 0 amide bonds. The van der Waals surface area contributed by atoms with E-state index in [-0.39, 0.29) is 46.5 Å². The van der Waals surface area contributed by atoms with Gasteiger partial charge in [0.1, 0.15) is 5.78 Å². The van der Waals surface area contributed by atoms with E-state index in [1.807, 2.05) is 0 Å². The maximum atomic E-state index is 12.7. The monoisotopic (exact) mass is 484 g/mol. The molecule has 0 spiro atoms. The third kappa shape index (κ3) is 7.90. The lowest BCUT2D eigenvalue weighted by molar-refractivity contribution is -0.122. The molecule has 1 aliphatic rings. The molecule has 1 fully saturated rings. The van der Waals surface area contributed by atoms with E-state index in [0.29, 0.717) is 6.42 Å². The molecule has 4 atom stereocenters. The number of hydrogen-bond donors (Lipinski definition) is 1. The first-order chi connectivity index (χ1) is 14.5. The van der Waals surface area contributed by atoms with E-state index in [1.165, 1.54) is 12.8 Å². The average molecular weight is 485 g/mol. The summed E-state index contributed by atoms with van der Waals surface area (Å²) in [4.78, 5) is 12.7. The maximum absolute atomic E-state index is 12.7. The zero-order valence-electron chi connectivity index (χ0n) is 22.9. The van der Waals surface area contributed by atoms with Crippen molar-refractivity contribution in [2.24, 2.45) is 11.8 Å². The molecule has 0 aromatic heterocycles. The van der Waals surface area contributed by atoms with Gasteiger partial charge in [0, 0.05) is 18.3 Å². The highest BCUT2D eigenvalue weighted by atomic mass is 28.4. The molecule has 1 rings (SSSR count). The van der Waals surface area contributed by atoms with Crippen molar-refractivity contribution >= 4 is 22.4 Å². The van der Waals surface area contributed by atoms with Gasteiger partial charge in [-0.3, -0.25) is 4.79 Å². The fourth-order valence-electron chi connectivity index (χ4n) is 3.71. The lowest BCUT2D eigenvalue weighted by Gasteiger charge is -2.40. The summed E-state index contributed by atoms with van der Waals surface area (Å²) in [6, 6.07) is 0. The van der Waals surface area contributed by atoms with E-state index in [4.69, 9.17) is 8.85 Å². The molecule has 6 heteroatoms. The number of carbonyl (C=O) groups excluding carboxylic acids is 1. The lowest BCUT2D eigenvalue weighted by atomic mass is 9.94. The van der Waals surface area contributed by atoms with E-state index >= 15 is 0 Å².